The number of hydrogen-bond donors (Lipinski definition) is 2. The van der Waals surface area contributed by atoms with Crippen LogP contribution in [-0.4, -0.2) is 16.8 Å². The van der Waals surface area contributed by atoms with Crippen LogP contribution in [0.1, 0.15) is 5.56 Å². The molecule has 0 aliphatic carbocycles. The molecule has 170 valence electrons. The lowest BCUT2D eigenvalue weighted by atomic mass is 10.2. The smallest absolute Gasteiger partial charge is 0.241 e. The van der Waals surface area contributed by atoms with Crippen molar-refractivity contribution in [1.29, 1.82) is 0 Å². The monoisotopic (exact) mass is 483 g/mol. The van der Waals surface area contributed by atoms with Gasteiger partial charge in [0.2, 0.25) is 5.91 Å². The number of aryl methyl sites for hydroxylation is 1. The molecule has 4 rings (SSSR count). The Morgan fingerprint density at radius 3 is 1.97 bits per heavy atom. The third-order valence-corrected chi connectivity index (χ3v) is 6.22. The van der Waals surface area contributed by atoms with Crippen molar-refractivity contribution in [3.05, 3.63) is 115 Å². The molecule has 0 saturated heterocycles. The Balaban J connectivity index is 1.40. The number of carbonyl (C=O) groups excluding carboxylic acids is 1. The third-order valence-electron chi connectivity index (χ3n) is 5.04. The molecular weight excluding hydrogens is 458 g/mol. The average Bonchev–Trinajstić information content (AvgIpc) is 2.86. The predicted octanol–water partition coefficient (Wildman–Crippen LogP) is 7.26. The molecule has 0 aliphatic heterocycles. The molecule has 1 amide bonds. The van der Waals surface area contributed by atoms with Gasteiger partial charge in [-0.05, 0) is 73.7 Å². The number of rotatable bonds is 7. The van der Waals surface area contributed by atoms with Crippen LogP contribution in [0.4, 0.5) is 22.7 Å². The molecule has 4 aromatic rings. The molecule has 0 atom stereocenters. The SMILES string of the molecule is Cc1ccc(NC(=S)Nc2cccc(SCC(=O)N(c3ccccc3)c3ccccc3)c2)cc1. The van der Waals surface area contributed by atoms with Gasteiger partial charge < -0.3 is 10.6 Å². The first-order valence-corrected chi connectivity index (χ1v) is 12.3. The lowest BCUT2D eigenvalue weighted by Gasteiger charge is -2.23. The van der Waals surface area contributed by atoms with E-state index in [1.54, 1.807) is 4.90 Å². The number of anilines is 4. The van der Waals surface area contributed by atoms with Crippen molar-refractivity contribution < 1.29 is 4.79 Å². The first kappa shape index (κ1) is 23.5. The van der Waals surface area contributed by atoms with Gasteiger partial charge in [0.05, 0.1) is 5.75 Å². The summed E-state index contributed by atoms with van der Waals surface area (Å²) in [5, 5.41) is 6.93. The minimum atomic E-state index is 0.0114. The molecule has 2 N–H and O–H groups in total. The van der Waals surface area contributed by atoms with Gasteiger partial charge in [0.25, 0.3) is 0 Å². The fraction of sp³-hybridized carbons (Fsp3) is 0.0714. The van der Waals surface area contributed by atoms with Gasteiger partial charge >= 0.3 is 0 Å². The van der Waals surface area contributed by atoms with Crippen LogP contribution >= 0.6 is 24.0 Å². The molecule has 6 heteroatoms. The Bertz CT molecular complexity index is 1210. The molecule has 34 heavy (non-hydrogen) atoms. The largest absolute Gasteiger partial charge is 0.332 e. The summed E-state index contributed by atoms with van der Waals surface area (Å²) in [5.74, 6) is 0.316. The van der Waals surface area contributed by atoms with Gasteiger partial charge in [-0.2, -0.15) is 0 Å². The zero-order chi connectivity index (χ0) is 23.8. The topological polar surface area (TPSA) is 44.4 Å². The summed E-state index contributed by atoms with van der Waals surface area (Å²) in [6.07, 6.45) is 0. The summed E-state index contributed by atoms with van der Waals surface area (Å²) < 4.78 is 0. The molecule has 4 nitrogen and oxygen atoms in total. The standard InChI is InChI=1S/C28H25N3OS2/c1-21-15-17-22(18-16-21)29-28(33)30-23-9-8-14-26(19-23)34-20-27(32)31(24-10-4-2-5-11-24)25-12-6-3-7-13-25/h2-19H,20H2,1H3,(H2,29,30,33). The van der Waals surface area contributed by atoms with Crippen LogP contribution in [0.25, 0.3) is 0 Å². The van der Waals surface area contributed by atoms with Gasteiger partial charge in [-0.15, -0.1) is 11.8 Å². The van der Waals surface area contributed by atoms with E-state index in [2.05, 4.69) is 10.6 Å². The minimum Gasteiger partial charge on any atom is -0.332 e. The predicted molar refractivity (Wildman–Crippen MR) is 148 cm³/mol. The molecule has 0 bridgehead atoms. The summed E-state index contributed by atoms with van der Waals surface area (Å²) in [6, 6.07) is 35.4. The second-order valence-corrected chi connectivity index (χ2v) is 9.12. The van der Waals surface area contributed by atoms with Crippen LogP contribution < -0.4 is 15.5 Å². The number of nitrogens with zero attached hydrogens (tertiary/aromatic N) is 1. The van der Waals surface area contributed by atoms with E-state index in [4.69, 9.17) is 12.2 Å². The fourth-order valence-electron chi connectivity index (χ4n) is 3.39. The van der Waals surface area contributed by atoms with E-state index >= 15 is 0 Å². The molecule has 0 heterocycles. The molecule has 4 aromatic carbocycles. The first-order valence-electron chi connectivity index (χ1n) is 10.9. The highest BCUT2D eigenvalue weighted by Gasteiger charge is 2.18. The third kappa shape index (κ3) is 6.47. The highest BCUT2D eigenvalue weighted by atomic mass is 32.2. The number of carbonyl (C=O) groups is 1. The molecule has 0 spiro atoms. The molecule has 0 saturated carbocycles. The van der Waals surface area contributed by atoms with E-state index in [1.165, 1.54) is 17.3 Å². The quantitative estimate of drug-likeness (QED) is 0.214. The van der Waals surface area contributed by atoms with Crippen LogP contribution in [0, 0.1) is 6.92 Å². The van der Waals surface area contributed by atoms with Crippen molar-refractivity contribution in [3.63, 3.8) is 0 Å². The zero-order valence-corrected chi connectivity index (χ0v) is 20.4. The van der Waals surface area contributed by atoms with Crippen molar-refractivity contribution in [1.82, 2.24) is 0 Å². The van der Waals surface area contributed by atoms with E-state index in [9.17, 15) is 4.79 Å². The number of amides is 1. The average molecular weight is 484 g/mol. The Hall–Kier alpha value is -3.61. The van der Waals surface area contributed by atoms with E-state index in [0.717, 1.165) is 27.6 Å². The lowest BCUT2D eigenvalue weighted by Crippen LogP contribution is -2.27. The molecular formula is C28H25N3OS2. The molecule has 0 aliphatic rings. The van der Waals surface area contributed by atoms with Gasteiger partial charge in [0.15, 0.2) is 5.11 Å². The van der Waals surface area contributed by atoms with E-state index in [0.29, 0.717) is 10.9 Å². The maximum absolute atomic E-state index is 13.3. The lowest BCUT2D eigenvalue weighted by molar-refractivity contribution is -0.115. The highest BCUT2D eigenvalue weighted by Crippen LogP contribution is 2.28. The summed E-state index contributed by atoms with van der Waals surface area (Å²) in [6.45, 7) is 2.05. The van der Waals surface area contributed by atoms with Gasteiger partial charge in [0, 0.05) is 27.6 Å². The maximum atomic E-state index is 13.3. The number of para-hydroxylation sites is 2. The van der Waals surface area contributed by atoms with E-state index in [1.807, 2.05) is 116 Å². The zero-order valence-electron chi connectivity index (χ0n) is 18.8. The van der Waals surface area contributed by atoms with Gasteiger partial charge in [-0.25, -0.2) is 0 Å². The minimum absolute atomic E-state index is 0.0114. The fourth-order valence-corrected chi connectivity index (χ4v) is 4.43. The first-order chi connectivity index (χ1) is 16.6. The van der Waals surface area contributed by atoms with Crippen LogP contribution in [0.15, 0.2) is 114 Å². The molecule has 0 aromatic heterocycles. The number of hydrogen-bond acceptors (Lipinski definition) is 3. The highest BCUT2D eigenvalue weighted by molar-refractivity contribution is 8.00. The molecule has 0 unspecified atom stereocenters. The Morgan fingerprint density at radius 1 is 0.765 bits per heavy atom. The summed E-state index contributed by atoms with van der Waals surface area (Å²) in [7, 11) is 0. The number of thioether (sulfide) groups is 1. The van der Waals surface area contributed by atoms with Crippen LogP contribution in [0.5, 0.6) is 0 Å². The van der Waals surface area contributed by atoms with Gasteiger partial charge in [-0.3, -0.25) is 9.69 Å². The van der Waals surface area contributed by atoms with Crippen molar-refractivity contribution in [2.45, 2.75) is 11.8 Å². The van der Waals surface area contributed by atoms with E-state index < -0.39 is 0 Å². The Labute approximate surface area is 210 Å². The Kier molecular flexibility index (Phi) is 7.96. The molecule has 0 radical (unpaired) electrons. The maximum Gasteiger partial charge on any atom is 0.241 e. The number of nitrogens with one attached hydrogen (secondary N) is 2. The Morgan fingerprint density at radius 2 is 1.35 bits per heavy atom. The second kappa shape index (κ2) is 11.5. The van der Waals surface area contributed by atoms with Crippen molar-refractivity contribution in [2.75, 3.05) is 21.3 Å². The van der Waals surface area contributed by atoms with Crippen molar-refractivity contribution in [3.8, 4) is 0 Å². The van der Waals surface area contributed by atoms with Gasteiger partial charge in [0.1, 0.15) is 0 Å². The van der Waals surface area contributed by atoms with Gasteiger partial charge in [-0.1, -0.05) is 60.2 Å². The van der Waals surface area contributed by atoms with E-state index in [-0.39, 0.29) is 5.91 Å². The van der Waals surface area contributed by atoms with Crippen LogP contribution in [0.2, 0.25) is 0 Å². The molecule has 0 fully saturated rings. The summed E-state index contributed by atoms with van der Waals surface area (Å²) in [5.41, 5.74) is 4.69. The summed E-state index contributed by atoms with van der Waals surface area (Å²) in [4.78, 5) is 16.0. The summed E-state index contributed by atoms with van der Waals surface area (Å²) >= 11 is 6.95. The normalized spacial score (nSPS) is 10.4. The number of benzene rings is 4. The van der Waals surface area contributed by atoms with Crippen molar-refractivity contribution >= 4 is 57.7 Å². The van der Waals surface area contributed by atoms with Crippen LogP contribution in [0.3, 0.4) is 0 Å². The second-order valence-electron chi connectivity index (χ2n) is 7.66. The van der Waals surface area contributed by atoms with Crippen LogP contribution in [-0.2, 0) is 4.79 Å². The van der Waals surface area contributed by atoms with Crippen molar-refractivity contribution in [2.24, 2.45) is 0 Å². The number of thiocarbonyl (C=S) groups is 1.